The van der Waals surface area contributed by atoms with Crippen molar-refractivity contribution in [3.63, 3.8) is 0 Å². The third-order valence-electron chi connectivity index (χ3n) is 3.08. The van der Waals surface area contributed by atoms with Gasteiger partial charge in [0.15, 0.2) is 0 Å². The molecule has 3 atom stereocenters. The number of nitrogens with one attached hydrogen (secondary N) is 1. The van der Waals surface area contributed by atoms with Crippen LogP contribution in [0.2, 0.25) is 0 Å². The van der Waals surface area contributed by atoms with Gasteiger partial charge in [-0.05, 0) is 33.8 Å². The van der Waals surface area contributed by atoms with Gasteiger partial charge in [-0.25, -0.2) is 17.7 Å². The minimum Gasteiger partial charge on any atom is -0.393 e. The molecule has 0 amide bonds. The van der Waals surface area contributed by atoms with Crippen LogP contribution in [-0.4, -0.2) is 26.8 Å². The van der Waals surface area contributed by atoms with Crippen molar-refractivity contribution in [3.05, 3.63) is 35.6 Å². The lowest BCUT2D eigenvalue weighted by molar-refractivity contribution is 0.102. The van der Waals surface area contributed by atoms with E-state index in [0.717, 1.165) is 0 Å². The number of aliphatic hydroxyl groups is 1. The Morgan fingerprint density at radius 2 is 1.85 bits per heavy atom. The second kappa shape index (κ2) is 6.28. The van der Waals surface area contributed by atoms with Crippen LogP contribution in [0.3, 0.4) is 0 Å². The molecule has 0 saturated heterocycles. The van der Waals surface area contributed by atoms with E-state index in [1.807, 2.05) is 0 Å². The van der Waals surface area contributed by atoms with Gasteiger partial charge in [0.1, 0.15) is 12.0 Å². The van der Waals surface area contributed by atoms with Crippen LogP contribution in [0.25, 0.3) is 0 Å². The first-order valence-electron chi connectivity index (χ1n) is 6.32. The average molecular weight is 305 g/mol. The highest BCUT2D eigenvalue weighted by atomic mass is 32.2. The second-order valence-corrected chi connectivity index (χ2v) is 7.78. The minimum absolute atomic E-state index is 0.0409. The third-order valence-corrected chi connectivity index (χ3v) is 4.80. The van der Waals surface area contributed by atoms with Gasteiger partial charge in [0.2, 0.25) is 0 Å². The quantitative estimate of drug-likeness (QED) is 0.878. The molecule has 20 heavy (non-hydrogen) atoms. The molecule has 0 fully saturated rings. The Labute approximate surface area is 121 Å². The smallest absolute Gasteiger partial charge is 0.146 e. The van der Waals surface area contributed by atoms with E-state index in [9.17, 15) is 13.0 Å². The molecule has 0 bridgehead atoms. The van der Waals surface area contributed by atoms with E-state index in [2.05, 4.69) is 4.72 Å². The molecule has 3 nitrogen and oxygen atoms in total. The molecule has 114 valence electrons. The van der Waals surface area contributed by atoms with Crippen LogP contribution in [0.15, 0.2) is 24.3 Å². The van der Waals surface area contributed by atoms with Crippen LogP contribution >= 0.6 is 0 Å². The van der Waals surface area contributed by atoms with Gasteiger partial charge in [0, 0.05) is 5.56 Å². The number of benzene rings is 1. The summed E-state index contributed by atoms with van der Waals surface area (Å²) in [6.45, 7) is 5.79. The first-order chi connectivity index (χ1) is 9.13. The van der Waals surface area contributed by atoms with Gasteiger partial charge in [-0.1, -0.05) is 18.2 Å². The Kier molecular flexibility index (Phi) is 5.40. The number of aliphatic hydroxyl groups excluding tert-OH is 1. The van der Waals surface area contributed by atoms with Gasteiger partial charge in [-0.2, -0.15) is 0 Å². The maximum Gasteiger partial charge on any atom is 0.146 e. The lowest BCUT2D eigenvalue weighted by atomic mass is 9.88. The molecule has 6 heteroatoms. The molecule has 0 aliphatic carbocycles. The lowest BCUT2D eigenvalue weighted by Gasteiger charge is -2.35. The molecule has 1 aromatic carbocycles. The van der Waals surface area contributed by atoms with Gasteiger partial charge in [-0.3, -0.25) is 0 Å². The molecular weight excluding hydrogens is 284 g/mol. The van der Waals surface area contributed by atoms with Crippen molar-refractivity contribution in [1.29, 1.82) is 0 Å². The zero-order valence-corrected chi connectivity index (χ0v) is 12.9. The van der Waals surface area contributed by atoms with E-state index in [-0.39, 0.29) is 5.56 Å². The van der Waals surface area contributed by atoms with E-state index in [1.165, 1.54) is 25.1 Å². The van der Waals surface area contributed by atoms with Crippen molar-refractivity contribution in [2.75, 3.05) is 6.61 Å². The van der Waals surface area contributed by atoms with Crippen LogP contribution in [0.4, 0.5) is 8.78 Å². The zero-order valence-electron chi connectivity index (χ0n) is 12.1. The number of halogens is 2. The van der Waals surface area contributed by atoms with E-state index >= 15 is 0 Å². The highest BCUT2D eigenvalue weighted by molar-refractivity contribution is 7.84. The molecule has 0 aromatic heterocycles. The summed E-state index contributed by atoms with van der Waals surface area (Å²) in [5.74, 6) is -0.607. The van der Waals surface area contributed by atoms with Gasteiger partial charge >= 0.3 is 0 Å². The Bertz CT molecular complexity index is 490. The Morgan fingerprint density at radius 3 is 2.30 bits per heavy atom. The summed E-state index contributed by atoms with van der Waals surface area (Å²) < 4.78 is 42.3. The minimum atomic E-state index is -1.79. The van der Waals surface area contributed by atoms with Crippen LogP contribution < -0.4 is 4.72 Å². The van der Waals surface area contributed by atoms with Crippen molar-refractivity contribution in [3.8, 4) is 0 Å². The summed E-state index contributed by atoms with van der Waals surface area (Å²) in [6.07, 6.45) is -1.79. The molecule has 0 saturated carbocycles. The van der Waals surface area contributed by atoms with Gasteiger partial charge in [-0.15, -0.1) is 0 Å². The lowest BCUT2D eigenvalue weighted by Crippen LogP contribution is -2.53. The van der Waals surface area contributed by atoms with Gasteiger partial charge in [0.05, 0.1) is 27.9 Å². The van der Waals surface area contributed by atoms with E-state index in [1.54, 1.807) is 26.8 Å². The van der Waals surface area contributed by atoms with Crippen molar-refractivity contribution in [2.45, 2.75) is 44.2 Å². The standard InChI is InChI=1S/C14H21F2NO2S/c1-13(2,3)20(19)17-14(4,12(16)9-18)10-7-5-6-8-11(10)15/h5-8,12,17-18H,9H2,1-4H3/t12-,14-,20+/m1/s1. The van der Waals surface area contributed by atoms with E-state index in [0.29, 0.717) is 0 Å². The summed E-state index contributed by atoms with van der Waals surface area (Å²) in [6, 6.07) is 5.69. The number of alkyl halides is 1. The molecular formula is C14H21F2NO2S. The Hall–Kier alpha value is -0.850. The molecule has 1 aromatic rings. The fraction of sp³-hybridized carbons (Fsp3) is 0.571. The molecule has 0 heterocycles. The third kappa shape index (κ3) is 3.62. The van der Waals surface area contributed by atoms with E-state index in [4.69, 9.17) is 5.11 Å². The highest BCUT2D eigenvalue weighted by Crippen LogP contribution is 2.30. The molecule has 0 aliphatic heterocycles. The summed E-state index contributed by atoms with van der Waals surface area (Å²) in [5.41, 5.74) is -1.53. The molecule has 2 N–H and O–H groups in total. The highest BCUT2D eigenvalue weighted by Gasteiger charge is 2.41. The van der Waals surface area contributed by atoms with Crippen molar-refractivity contribution in [2.24, 2.45) is 0 Å². The molecule has 0 unspecified atom stereocenters. The molecule has 0 aliphatic rings. The SMILES string of the molecule is CC(C)(C)[S@](=O)N[C@](C)(c1ccccc1F)[C@H](F)CO. The van der Waals surface area contributed by atoms with E-state index < -0.39 is 39.9 Å². The Morgan fingerprint density at radius 1 is 1.30 bits per heavy atom. The molecule has 0 spiro atoms. The number of hydrogen-bond acceptors (Lipinski definition) is 2. The predicted molar refractivity (Wildman–Crippen MR) is 76.8 cm³/mol. The number of rotatable bonds is 5. The largest absolute Gasteiger partial charge is 0.393 e. The summed E-state index contributed by atoms with van der Waals surface area (Å²) in [5, 5.41) is 9.10. The first kappa shape index (κ1) is 17.2. The summed E-state index contributed by atoms with van der Waals surface area (Å²) >= 11 is 0. The maximum atomic E-state index is 14.2. The van der Waals surface area contributed by atoms with Crippen molar-refractivity contribution in [1.82, 2.24) is 4.72 Å². The fourth-order valence-electron chi connectivity index (χ4n) is 1.70. The molecule has 1 rings (SSSR count). The fourth-order valence-corrected chi connectivity index (χ4v) is 2.63. The normalized spacial score (nSPS) is 18.4. The van der Waals surface area contributed by atoms with Gasteiger partial charge in [0.25, 0.3) is 0 Å². The van der Waals surface area contributed by atoms with Gasteiger partial charge < -0.3 is 5.11 Å². The predicted octanol–water partition coefficient (Wildman–Crippen LogP) is 2.42. The number of hydrogen-bond donors (Lipinski definition) is 2. The second-order valence-electron chi connectivity index (χ2n) is 5.82. The summed E-state index contributed by atoms with van der Waals surface area (Å²) in [4.78, 5) is 0. The topological polar surface area (TPSA) is 49.3 Å². The maximum absolute atomic E-state index is 14.2. The first-order valence-corrected chi connectivity index (χ1v) is 7.47. The van der Waals surface area contributed by atoms with Crippen molar-refractivity contribution >= 4 is 11.0 Å². The molecule has 0 radical (unpaired) electrons. The van der Waals surface area contributed by atoms with Crippen LogP contribution in [0.5, 0.6) is 0 Å². The van der Waals surface area contributed by atoms with Crippen molar-refractivity contribution < 1.29 is 18.1 Å². The van der Waals surface area contributed by atoms with Crippen LogP contribution in [0.1, 0.15) is 33.3 Å². The summed E-state index contributed by atoms with van der Waals surface area (Å²) in [7, 11) is -1.61. The Balaban J connectivity index is 3.25. The average Bonchev–Trinajstić information content (AvgIpc) is 2.36. The van der Waals surface area contributed by atoms with Crippen LogP contribution in [0, 0.1) is 5.82 Å². The van der Waals surface area contributed by atoms with Crippen LogP contribution in [-0.2, 0) is 16.5 Å². The zero-order chi connectivity index (χ0) is 15.6. The monoisotopic (exact) mass is 305 g/mol.